The summed E-state index contributed by atoms with van der Waals surface area (Å²) >= 11 is 0. The minimum absolute atomic E-state index is 0.0800. The first-order valence-electron chi connectivity index (χ1n) is 5.94. The lowest BCUT2D eigenvalue weighted by Crippen LogP contribution is -2.26. The lowest BCUT2D eigenvalue weighted by molar-refractivity contribution is -0.122. The minimum Gasteiger partial charge on any atom is -0.370 e. The number of rotatable bonds is 7. The molecular formula is C11H21N3O2. The second kappa shape index (κ2) is 7.22. The normalized spacial score (nSPS) is 19.6. The lowest BCUT2D eigenvalue weighted by Gasteiger charge is -2.08. The summed E-state index contributed by atoms with van der Waals surface area (Å²) in [6.45, 7) is 2.66. The molecule has 0 aromatic rings. The monoisotopic (exact) mass is 227 g/mol. The van der Waals surface area contributed by atoms with Crippen LogP contribution in [-0.2, 0) is 9.59 Å². The van der Waals surface area contributed by atoms with E-state index in [0.717, 1.165) is 19.5 Å². The van der Waals surface area contributed by atoms with Crippen LogP contribution in [0.2, 0.25) is 0 Å². The van der Waals surface area contributed by atoms with Crippen molar-refractivity contribution >= 4 is 11.8 Å². The number of nitrogens with one attached hydrogen (secondary N) is 2. The van der Waals surface area contributed by atoms with Crippen molar-refractivity contribution in [2.45, 2.75) is 32.1 Å². The van der Waals surface area contributed by atoms with Gasteiger partial charge >= 0.3 is 0 Å². The molecular weight excluding hydrogens is 206 g/mol. The van der Waals surface area contributed by atoms with Crippen molar-refractivity contribution in [2.24, 2.45) is 11.7 Å². The van der Waals surface area contributed by atoms with E-state index < -0.39 is 0 Å². The summed E-state index contributed by atoms with van der Waals surface area (Å²) in [5.74, 6) is 0.416. The second-order valence-corrected chi connectivity index (χ2v) is 4.32. The lowest BCUT2D eigenvalue weighted by atomic mass is 10.0. The van der Waals surface area contributed by atoms with Gasteiger partial charge in [0.15, 0.2) is 0 Å². The van der Waals surface area contributed by atoms with Crippen molar-refractivity contribution in [3.05, 3.63) is 0 Å². The molecule has 1 aliphatic heterocycles. The van der Waals surface area contributed by atoms with E-state index in [9.17, 15) is 9.59 Å². The van der Waals surface area contributed by atoms with Crippen LogP contribution in [-0.4, -0.2) is 31.4 Å². The number of primary amides is 1. The molecule has 1 rings (SSSR count). The molecule has 0 aliphatic carbocycles. The Hall–Kier alpha value is -1.10. The number of hydrogen-bond donors (Lipinski definition) is 3. The highest BCUT2D eigenvalue weighted by molar-refractivity contribution is 5.76. The Balaban J connectivity index is 1.95. The topological polar surface area (TPSA) is 84.2 Å². The Morgan fingerprint density at radius 1 is 1.38 bits per heavy atom. The molecule has 0 aromatic heterocycles. The van der Waals surface area contributed by atoms with Gasteiger partial charge in [-0.1, -0.05) is 0 Å². The van der Waals surface area contributed by atoms with E-state index in [2.05, 4.69) is 10.6 Å². The molecule has 16 heavy (non-hydrogen) atoms. The highest BCUT2D eigenvalue weighted by Crippen LogP contribution is 2.13. The van der Waals surface area contributed by atoms with Crippen LogP contribution in [0.1, 0.15) is 32.1 Å². The van der Waals surface area contributed by atoms with Gasteiger partial charge < -0.3 is 16.4 Å². The first-order chi connectivity index (χ1) is 7.68. The van der Waals surface area contributed by atoms with Gasteiger partial charge in [0, 0.05) is 19.4 Å². The summed E-state index contributed by atoms with van der Waals surface area (Å²) in [5, 5.41) is 6.07. The molecule has 92 valence electrons. The molecule has 4 N–H and O–H groups in total. The number of carbonyl (C=O) groups excluding carboxylic acids is 2. The molecule has 5 heteroatoms. The fraction of sp³-hybridized carbons (Fsp3) is 0.818. The Labute approximate surface area is 96.1 Å². The molecule has 5 nitrogen and oxygen atoms in total. The zero-order chi connectivity index (χ0) is 11.8. The first-order valence-corrected chi connectivity index (χ1v) is 5.94. The van der Waals surface area contributed by atoms with Crippen molar-refractivity contribution in [3.8, 4) is 0 Å². The maximum atomic E-state index is 11.4. The molecule has 0 radical (unpaired) electrons. The fourth-order valence-electron chi connectivity index (χ4n) is 1.87. The predicted octanol–water partition coefficient (Wildman–Crippen LogP) is -0.242. The number of nitrogens with two attached hydrogens (primary N) is 1. The number of carbonyl (C=O) groups is 2. The summed E-state index contributed by atoms with van der Waals surface area (Å²) in [7, 11) is 0. The maximum absolute atomic E-state index is 11.4. The van der Waals surface area contributed by atoms with Crippen LogP contribution in [0, 0.1) is 5.92 Å². The smallest absolute Gasteiger partial charge is 0.220 e. The van der Waals surface area contributed by atoms with Crippen LogP contribution in [0.5, 0.6) is 0 Å². The molecule has 1 aliphatic rings. The van der Waals surface area contributed by atoms with Gasteiger partial charge in [0.25, 0.3) is 0 Å². The van der Waals surface area contributed by atoms with E-state index >= 15 is 0 Å². The Kier molecular flexibility index (Phi) is 5.85. The highest BCUT2D eigenvalue weighted by Gasteiger charge is 2.15. The Morgan fingerprint density at radius 2 is 2.19 bits per heavy atom. The number of amides is 2. The maximum Gasteiger partial charge on any atom is 0.220 e. The molecule has 0 spiro atoms. The zero-order valence-electron chi connectivity index (χ0n) is 9.63. The van der Waals surface area contributed by atoms with Gasteiger partial charge in [-0.15, -0.1) is 0 Å². The average Bonchev–Trinajstić information content (AvgIpc) is 2.74. The molecule has 0 bridgehead atoms. The van der Waals surface area contributed by atoms with Crippen LogP contribution >= 0.6 is 0 Å². The van der Waals surface area contributed by atoms with Crippen molar-refractivity contribution in [2.75, 3.05) is 19.6 Å². The van der Waals surface area contributed by atoms with E-state index in [1.807, 2.05) is 0 Å². The van der Waals surface area contributed by atoms with Gasteiger partial charge in [-0.2, -0.15) is 0 Å². The predicted molar refractivity (Wildman–Crippen MR) is 61.6 cm³/mol. The van der Waals surface area contributed by atoms with E-state index in [4.69, 9.17) is 5.73 Å². The van der Waals surface area contributed by atoms with Crippen LogP contribution in [0.3, 0.4) is 0 Å². The van der Waals surface area contributed by atoms with E-state index in [0.29, 0.717) is 31.7 Å². The van der Waals surface area contributed by atoms with Crippen molar-refractivity contribution in [1.29, 1.82) is 0 Å². The van der Waals surface area contributed by atoms with Gasteiger partial charge in [0.2, 0.25) is 11.8 Å². The standard InChI is InChI=1S/C11H21N3O2/c12-10(15)2-1-6-14-11(16)4-3-9-5-7-13-8-9/h9,13H,1-8H2,(H2,12,15)(H,14,16). The molecule has 0 saturated carbocycles. The van der Waals surface area contributed by atoms with Crippen LogP contribution in [0.4, 0.5) is 0 Å². The summed E-state index contributed by atoms with van der Waals surface area (Å²) in [5.41, 5.74) is 4.99. The fourth-order valence-corrected chi connectivity index (χ4v) is 1.87. The van der Waals surface area contributed by atoms with Crippen molar-refractivity contribution in [3.63, 3.8) is 0 Å². The van der Waals surface area contributed by atoms with Gasteiger partial charge in [-0.05, 0) is 38.3 Å². The van der Waals surface area contributed by atoms with Crippen LogP contribution < -0.4 is 16.4 Å². The summed E-state index contributed by atoms with van der Waals surface area (Å²) < 4.78 is 0. The summed E-state index contributed by atoms with van der Waals surface area (Å²) in [6.07, 6.45) is 3.69. The molecule has 0 aromatic carbocycles. The average molecular weight is 227 g/mol. The SMILES string of the molecule is NC(=O)CCCNC(=O)CCC1CCNC1. The van der Waals surface area contributed by atoms with Gasteiger partial charge in [0.1, 0.15) is 0 Å². The third-order valence-electron chi connectivity index (χ3n) is 2.86. The largest absolute Gasteiger partial charge is 0.370 e. The van der Waals surface area contributed by atoms with E-state index in [1.54, 1.807) is 0 Å². The molecule has 2 amide bonds. The quantitative estimate of drug-likeness (QED) is 0.525. The van der Waals surface area contributed by atoms with Gasteiger partial charge in [-0.25, -0.2) is 0 Å². The molecule has 1 atom stereocenters. The summed E-state index contributed by atoms with van der Waals surface area (Å²) in [4.78, 5) is 21.8. The zero-order valence-corrected chi connectivity index (χ0v) is 9.63. The van der Waals surface area contributed by atoms with Crippen molar-refractivity contribution < 1.29 is 9.59 Å². The minimum atomic E-state index is -0.314. The second-order valence-electron chi connectivity index (χ2n) is 4.32. The van der Waals surface area contributed by atoms with Crippen LogP contribution in [0.15, 0.2) is 0 Å². The third kappa shape index (κ3) is 5.70. The van der Waals surface area contributed by atoms with Crippen LogP contribution in [0.25, 0.3) is 0 Å². The molecule has 1 saturated heterocycles. The van der Waals surface area contributed by atoms with E-state index in [1.165, 1.54) is 6.42 Å². The Bertz CT molecular complexity index is 237. The first kappa shape index (κ1) is 13.0. The molecule has 1 unspecified atom stereocenters. The highest BCUT2D eigenvalue weighted by atomic mass is 16.2. The molecule has 1 fully saturated rings. The Morgan fingerprint density at radius 3 is 2.81 bits per heavy atom. The third-order valence-corrected chi connectivity index (χ3v) is 2.86. The van der Waals surface area contributed by atoms with Gasteiger partial charge in [0.05, 0.1) is 0 Å². The number of hydrogen-bond acceptors (Lipinski definition) is 3. The molecule has 1 heterocycles. The van der Waals surface area contributed by atoms with E-state index in [-0.39, 0.29) is 11.8 Å². The van der Waals surface area contributed by atoms with Crippen molar-refractivity contribution in [1.82, 2.24) is 10.6 Å². The summed E-state index contributed by atoms with van der Waals surface area (Å²) in [6, 6.07) is 0. The van der Waals surface area contributed by atoms with Gasteiger partial charge in [-0.3, -0.25) is 9.59 Å².